The summed E-state index contributed by atoms with van der Waals surface area (Å²) in [5.74, 6) is 0.537. The van der Waals surface area contributed by atoms with Gasteiger partial charge in [-0.15, -0.1) is 0 Å². The molecule has 1 aliphatic heterocycles. The Kier molecular flexibility index (Phi) is 5.33. The maximum Gasteiger partial charge on any atom is 0.265 e. The highest BCUT2D eigenvalue weighted by molar-refractivity contribution is 5.99. The third-order valence-electron chi connectivity index (χ3n) is 4.13. The van der Waals surface area contributed by atoms with E-state index in [1.807, 2.05) is 42.5 Å². The van der Waals surface area contributed by atoms with Crippen molar-refractivity contribution < 1.29 is 14.3 Å². The number of anilines is 2. The maximum absolute atomic E-state index is 12.3. The lowest BCUT2D eigenvalue weighted by Gasteiger charge is -2.29. The molecule has 3 rings (SSSR count). The molecular formula is C20H22N2O3. The highest BCUT2D eigenvalue weighted by Gasteiger charge is 2.26. The minimum Gasteiger partial charge on any atom is -0.481 e. The molecule has 2 aromatic carbocycles. The van der Waals surface area contributed by atoms with Gasteiger partial charge in [0, 0.05) is 18.2 Å². The monoisotopic (exact) mass is 338 g/mol. The summed E-state index contributed by atoms with van der Waals surface area (Å²) < 4.78 is 5.56. The third-order valence-corrected chi connectivity index (χ3v) is 4.13. The van der Waals surface area contributed by atoms with Crippen molar-refractivity contribution in [1.29, 1.82) is 0 Å². The summed E-state index contributed by atoms with van der Waals surface area (Å²) in [6, 6.07) is 15.3. The number of carbonyl (C=O) groups excluding carboxylic acids is 2. The van der Waals surface area contributed by atoms with Crippen LogP contribution in [0.5, 0.6) is 5.75 Å². The molecule has 1 heterocycles. The molecule has 25 heavy (non-hydrogen) atoms. The van der Waals surface area contributed by atoms with Crippen LogP contribution < -0.4 is 15.0 Å². The minimum atomic E-state index is -0.0731. The van der Waals surface area contributed by atoms with Gasteiger partial charge in [0.15, 0.2) is 6.61 Å². The predicted molar refractivity (Wildman–Crippen MR) is 97.7 cm³/mol. The lowest BCUT2D eigenvalue weighted by Crippen LogP contribution is -2.38. The van der Waals surface area contributed by atoms with Crippen molar-refractivity contribution in [3.63, 3.8) is 0 Å². The quantitative estimate of drug-likeness (QED) is 0.873. The number of nitrogens with zero attached hydrogens (tertiary/aromatic N) is 1. The van der Waals surface area contributed by atoms with E-state index in [2.05, 4.69) is 12.2 Å². The molecule has 0 aliphatic carbocycles. The van der Waals surface area contributed by atoms with Crippen molar-refractivity contribution in [2.24, 2.45) is 0 Å². The molecule has 0 unspecified atom stereocenters. The number of hydrogen-bond acceptors (Lipinski definition) is 3. The van der Waals surface area contributed by atoms with Gasteiger partial charge in [-0.25, -0.2) is 0 Å². The van der Waals surface area contributed by atoms with Crippen LogP contribution in [0.15, 0.2) is 48.5 Å². The van der Waals surface area contributed by atoms with Crippen molar-refractivity contribution in [2.45, 2.75) is 32.7 Å². The summed E-state index contributed by atoms with van der Waals surface area (Å²) in [5.41, 5.74) is 2.47. The van der Waals surface area contributed by atoms with Crippen LogP contribution in [-0.2, 0) is 16.1 Å². The molecule has 1 N–H and O–H groups in total. The van der Waals surface area contributed by atoms with Gasteiger partial charge < -0.3 is 15.0 Å². The molecule has 130 valence electrons. The molecule has 0 saturated heterocycles. The first kappa shape index (κ1) is 17.0. The van der Waals surface area contributed by atoms with E-state index in [1.165, 1.54) is 0 Å². The van der Waals surface area contributed by atoms with E-state index in [0.29, 0.717) is 24.4 Å². The van der Waals surface area contributed by atoms with Gasteiger partial charge in [-0.2, -0.15) is 0 Å². The number of fused-ring (bicyclic) bond motifs is 1. The number of ether oxygens (including phenoxy) is 1. The molecule has 0 atom stereocenters. The fourth-order valence-electron chi connectivity index (χ4n) is 2.78. The Morgan fingerprint density at radius 3 is 2.76 bits per heavy atom. The van der Waals surface area contributed by atoms with Gasteiger partial charge in [-0.05, 0) is 24.1 Å². The van der Waals surface area contributed by atoms with Crippen LogP contribution in [0, 0.1) is 0 Å². The van der Waals surface area contributed by atoms with Crippen molar-refractivity contribution in [1.82, 2.24) is 0 Å². The fourth-order valence-corrected chi connectivity index (χ4v) is 2.78. The molecule has 0 aromatic heterocycles. The average Bonchev–Trinajstić information content (AvgIpc) is 2.63. The van der Waals surface area contributed by atoms with Crippen molar-refractivity contribution in [3.05, 3.63) is 54.1 Å². The van der Waals surface area contributed by atoms with E-state index in [0.717, 1.165) is 24.1 Å². The number of nitrogens with one attached hydrogen (secondary N) is 1. The first-order valence-electron chi connectivity index (χ1n) is 8.58. The van der Waals surface area contributed by atoms with Gasteiger partial charge in [-0.1, -0.05) is 43.7 Å². The lowest BCUT2D eigenvalue weighted by atomic mass is 10.1. The van der Waals surface area contributed by atoms with E-state index in [9.17, 15) is 9.59 Å². The normalized spacial score (nSPS) is 13.2. The topological polar surface area (TPSA) is 58.6 Å². The first-order valence-corrected chi connectivity index (χ1v) is 8.58. The number of unbranched alkanes of at least 4 members (excludes halogenated alkanes) is 1. The van der Waals surface area contributed by atoms with Gasteiger partial charge in [0.1, 0.15) is 5.75 Å². The summed E-state index contributed by atoms with van der Waals surface area (Å²) in [4.78, 5) is 25.9. The van der Waals surface area contributed by atoms with Crippen LogP contribution in [-0.4, -0.2) is 18.4 Å². The van der Waals surface area contributed by atoms with Crippen molar-refractivity contribution in [3.8, 4) is 5.75 Å². The highest BCUT2D eigenvalue weighted by Crippen LogP contribution is 2.35. The summed E-state index contributed by atoms with van der Waals surface area (Å²) in [6.07, 6.45) is 2.36. The number of benzene rings is 2. The zero-order valence-corrected chi connectivity index (χ0v) is 14.3. The zero-order chi connectivity index (χ0) is 17.6. The standard InChI is InChI=1S/C20H22N2O3/c1-2-3-9-19(23)21-16-10-11-17-18(12-16)25-14-20(24)22(17)13-15-7-5-4-6-8-15/h4-8,10-12H,2-3,9,13-14H2,1H3,(H,21,23). The van der Waals surface area contributed by atoms with Gasteiger partial charge in [-0.3, -0.25) is 9.59 Å². The van der Waals surface area contributed by atoms with Gasteiger partial charge in [0.25, 0.3) is 5.91 Å². The summed E-state index contributed by atoms with van der Waals surface area (Å²) in [5, 5.41) is 2.88. The molecule has 0 bridgehead atoms. The van der Waals surface area contributed by atoms with Crippen LogP contribution in [0.4, 0.5) is 11.4 Å². The van der Waals surface area contributed by atoms with Crippen LogP contribution in [0.25, 0.3) is 0 Å². The largest absolute Gasteiger partial charge is 0.481 e. The Balaban J connectivity index is 1.77. The molecule has 2 amide bonds. The Bertz CT molecular complexity index is 759. The van der Waals surface area contributed by atoms with E-state index in [1.54, 1.807) is 11.0 Å². The molecule has 0 saturated carbocycles. The van der Waals surface area contributed by atoms with Gasteiger partial charge in [0.05, 0.1) is 12.2 Å². The van der Waals surface area contributed by atoms with Crippen LogP contribution in [0.2, 0.25) is 0 Å². The van der Waals surface area contributed by atoms with Crippen LogP contribution in [0.3, 0.4) is 0 Å². The van der Waals surface area contributed by atoms with Gasteiger partial charge >= 0.3 is 0 Å². The smallest absolute Gasteiger partial charge is 0.265 e. The lowest BCUT2D eigenvalue weighted by molar-refractivity contribution is -0.121. The van der Waals surface area contributed by atoms with Crippen molar-refractivity contribution >= 4 is 23.2 Å². The molecule has 0 radical (unpaired) electrons. The molecule has 5 nitrogen and oxygen atoms in total. The summed E-state index contributed by atoms with van der Waals surface area (Å²) in [6.45, 7) is 2.56. The second kappa shape index (κ2) is 7.83. The Morgan fingerprint density at radius 2 is 2.00 bits per heavy atom. The number of amides is 2. The Labute approximate surface area is 147 Å². The Morgan fingerprint density at radius 1 is 1.20 bits per heavy atom. The SMILES string of the molecule is CCCCC(=O)Nc1ccc2c(c1)OCC(=O)N2Cc1ccccc1. The fraction of sp³-hybridized carbons (Fsp3) is 0.300. The first-order chi connectivity index (χ1) is 12.2. The van der Waals surface area contributed by atoms with Crippen LogP contribution >= 0.6 is 0 Å². The maximum atomic E-state index is 12.3. The molecule has 1 aliphatic rings. The summed E-state index contributed by atoms with van der Waals surface area (Å²) >= 11 is 0. The average molecular weight is 338 g/mol. The van der Waals surface area contributed by atoms with E-state index in [-0.39, 0.29) is 18.4 Å². The van der Waals surface area contributed by atoms with E-state index >= 15 is 0 Å². The molecular weight excluding hydrogens is 316 g/mol. The predicted octanol–water partition coefficient (Wildman–Crippen LogP) is 3.74. The zero-order valence-electron chi connectivity index (χ0n) is 14.3. The molecule has 0 fully saturated rings. The van der Waals surface area contributed by atoms with Crippen molar-refractivity contribution in [2.75, 3.05) is 16.8 Å². The minimum absolute atomic E-state index is 0.00479. The highest BCUT2D eigenvalue weighted by atomic mass is 16.5. The molecule has 2 aromatic rings. The molecule has 0 spiro atoms. The second-order valence-electron chi connectivity index (χ2n) is 6.09. The number of rotatable bonds is 6. The van der Waals surface area contributed by atoms with E-state index < -0.39 is 0 Å². The second-order valence-corrected chi connectivity index (χ2v) is 6.09. The van der Waals surface area contributed by atoms with Gasteiger partial charge in [0.2, 0.25) is 5.91 Å². The number of carbonyl (C=O) groups is 2. The third kappa shape index (κ3) is 4.18. The number of hydrogen-bond donors (Lipinski definition) is 1. The van der Waals surface area contributed by atoms with Crippen LogP contribution in [0.1, 0.15) is 31.7 Å². The Hall–Kier alpha value is -2.82. The summed E-state index contributed by atoms with van der Waals surface area (Å²) in [7, 11) is 0. The molecule has 5 heteroatoms. The van der Waals surface area contributed by atoms with E-state index in [4.69, 9.17) is 4.74 Å².